The summed E-state index contributed by atoms with van der Waals surface area (Å²) in [4.78, 5) is 17.5. The van der Waals surface area contributed by atoms with Gasteiger partial charge >= 0.3 is 0 Å². The Kier molecular flexibility index (Phi) is 6.58. The molecular formula is C8H17O3P. The van der Waals surface area contributed by atoms with Gasteiger partial charge in [0.25, 0.3) is 0 Å². The summed E-state index contributed by atoms with van der Waals surface area (Å²) in [5.41, 5.74) is 0.730. The fraction of sp³-hybridized carbons (Fsp3) is 0.750. The molecule has 0 rings (SSSR count). The van der Waals surface area contributed by atoms with Crippen LogP contribution >= 0.6 is 8.38 Å². The van der Waals surface area contributed by atoms with Gasteiger partial charge in [0, 0.05) is 0 Å². The van der Waals surface area contributed by atoms with Gasteiger partial charge in [-0.15, -0.1) is 0 Å². The quantitative estimate of drug-likeness (QED) is 0.459. The predicted octanol–water partition coefficient (Wildman–Crippen LogP) is 1.74. The molecule has 0 amide bonds. The van der Waals surface area contributed by atoms with Crippen LogP contribution in [-0.2, 0) is 0 Å². The topological polar surface area (TPSA) is 60.7 Å². The van der Waals surface area contributed by atoms with Gasteiger partial charge in [-0.3, -0.25) is 0 Å². The third-order valence-corrected chi connectivity index (χ3v) is 2.42. The maximum absolute atomic E-state index is 9.27. The number of aliphatic hydroxyl groups excluding tert-OH is 1. The molecule has 3 nitrogen and oxygen atoms in total. The second-order valence-electron chi connectivity index (χ2n) is 2.62. The van der Waals surface area contributed by atoms with Crippen molar-refractivity contribution in [2.45, 2.75) is 39.0 Å². The summed E-state index contributed by atoms with van der Waals surface area (Å²) in [6.07, 6.45) is 4.43. The Morgan fingerprint density at radius 3 is 2.33 bits per heavy atom. The zero-order chi connectivity index (χ0) is 9.56. The highest BCUT2D eigenvalue weighted by Gasteiger charge is 2.16. The van der Waals surface area contributed by atoms with Crippen molar-refractivity contribution in [2.24, 2.45) is 0 Å². The average Bonchev–Trinajstić information content (AvgIpc) is 2.05. The Bertz CT molecular complexity index is 145. The molecule has 0 aromatic rings. The van der Waals surface area contributed by atoms with Crippen molar-refractivity contribution in [1.82, 2.24) is 0 Å². The Balaban J connectivity index is 4.13. The van der Waals surface area contributed by atoms with Gasteiger partial charge in [-0.2, -0.15) is 0 Å². The van der Waals surface area contributed by atoms with E-state index in [1.54, 1.807) is 0 Å². The zero-order valence-corrected chi connectivity index (χ0v) is 8.46. The second kappa shape index (κ2) is 6.55. The molecule has 12 heavy (non-hydrogen) atoms. The van der Waals surface area contributed by atoms with E-state index in [1.807, 2.05) is 19.9 Å². The van der Waals surface area contributed by atoms with Gasteiger partial charge in [0.15, 0.2) is 8.38 Å². The maximum atomic E-state index is 9.27. The third kappa shape index (κ3) is 4.17. The first kappa shape index (κ1) is 12.0. The summed E-state index contributed by atoms with van der Waals surface area (Å²) in [7, 11) is -2.24. The van der Waals surface area contributed by atoms with Crippen LogP contribution in [0.25, 0.3) is 0 Å². The van der Waals surface area contributed by atoms with Crippen molar-refractivity contribution in [3.8, 4) is 0 Å². The van der Waals surface area contributed by atoms with Crippen LogP contribution in [0.15, 0.2) is 11.6 Å². The molecule has 72 valence electrons. The third-order valence-electron chi connectivity index (χ3n) is 1.65. The number of hydrogen-bond acceptors (Lipinski definition) is 3. The number of unbranched alkanes of at least 4 members (excludes halogenated alkanes) is 1. The fourth-order valence-corrected chi connectivity index (χ4v) is 1.49. The van der Waals surface area contributed by atoms with Crippen LogP contribution in [0.4, 0.5) is 0 Å². The highest BCUT2D eigenvalue weighted by molar-refractivity contribution is 7.45. The first-order valence-electron chi connectivity index (χ1n) is 4.17. The molecule has 0 saturated carbocycles. The molecule has 1 atom stereocenters. The normalized spacial score (nSPS) is 15.3. The van der Waals surface area contributed by atoms with Crippen molar-refractivity contribution in [1.29, 1.82) is 0 Å². The van der Waals surface area contributed by atoms with Gasteiger partial charge < -0.3 is 14.9 Å². The first-order valence-corrected chi connectivity index (χ1v) is 5.49. The minimum atomic E-state index is -2.24. The molecule has 0 aromatic heterocycles. The van der Waals surface area contributed by atoms with Crippen molar-refractivity contribution in [2.75, 3.05) is 0 Å². The van der Waals surface area contributed by atoms with E-state index in [1.165, 1.54) is 0 Å². The molecule has 0 aliphatic heterocycles. The molecule has 3 N–H and O–H groups in total. The number of hydrogen-bond donors (Lipinski definition) is 3. The summed E-state index contributed by atoms with van der Waals surface area (Å²) in [5, 5.41) is 9.27. The van der Waals surface area contributed by atoms with Crippen molar-refractivity contribution < 1.29 is 14.9 Å². The van der Waals surface area contributed by atoms with Crippen molar-refractivity contribution in [3.63, 3.8) is 0 Å². The van der Waals surface area contributed by atoms with Gasteiger partial charge in [-0.05, 0) is 18.4 Å². The van der Waals surface area contributed by atoms with Crippen LogP contribution in [-0.4, -0.2) is 20.7 Å². The highest BCUT2D eigenvalue weighted by atomic mass is 31.2. The molecule has 4 heteroatoms. The summed E-state index contributed by atoms with van der Waals surface area (Å²) in [6.45, 7) is 3.93. The molecule has 0 saturated heterocycles. The molecule has 0 aromatic carbocycles. The van der Waals surface area contributed by atoms with Crippen LogP contribution in [0.5, 0.6) is 0 Å². The smallest absolute Gasteiger partial charge is 0.200 e. The first-order chi connectivity index (χ1) is 5.63. The Morgan fingerprint density at radius 1 is 1.42 bits per heavy atom. The van der Waals surface area contributed by atoms with Gasteiger partial charge in [-0.25, -0.2) is 0 Å². The van der Waals surface area contributed by atoms with E-state index < -0.39 is 14.2 Å². The van der Waals surface area contributed by atoms with E-state index in [4.69, 9.17) is 9.79 Å². The largest absolute Gasteiger partial charge is 0.379 e. The number of allylic oxidation sites excluding steroid dienone is 1. The molecular weight excluding hydrogens is 175 g/mol. The van der Waals surface area contributed by atoms with Crippen LogP contribution < -0.4 is 0 Å². The summed E-state index contributed by atoms with van der Waals surface area (Å²) in [6, 6.07) is 0. The minimum Gasteiger partial charge on any atom is -0.379 e. The van der Waals surface area contributed by atoms with Crippen LogP contribution in [0.2, 0.25) is 0 Å². The minimum absolute atomic E-state index is 0.668. The molecule has 0 aliphatic carbocycles. The highest BCUT2D eigenvalue weighted by Crippen LogP contribution is 2.35. The second-order valence-corrected chi connectivity index (χ2v) is 3.75. The summed E-state index contributed by atoms with van der Waals surface area (Å²) >= 11 is 0. The molecule has 0 radical (unpaired) electrons. The molecule has 0 fully saturated rings. The zero-order valence-electron chi connectivity index (χ0n) is 7.56. The SMILES string of the molecule is CCCC=C(CC)C(O)P(O)O. The van der Waals surface area contributed by atoms with E-state index in [0.717, 1.165) is 18.4 Å². The lowest BCUT2D eigenvalue weighted by atomic mass is 10.1. The van der Waals surface area contributed by atoms with Gasteiger partial charge in [-0.1, -0.05) is 26.3 Å². The van der Waals surface area contributed by atoms with E-state index in [-0.39, 0.29) is 0 Å². The molecule has 1 unspecified atom stereocenters. The van der Waals surface area contributed by atoms with Crippen molar-refractivity contribution >= 4 is 8.38 Å². The molecule has 0 aliphatic rings. The van der Waals surface area contributed by atoms with Crippen LogP contribution in [0, 0.1) is 0 Å². The van der Waals surface area contributed by atoms with Gasteiger partial charge in [0.2, 0.25) is 0 Å². The lowest BCUT2D eigenvalue weighted by Gasteiger charge is -2.14. The standard InChI is InChI=1S/C8H17O3P/c1-3-5-6-7(4-2)8(9)12(10)11/h6,8-11H,3-5H2,1-2H3. The predicted molar refractivity (Wildman–Crippen MR) is 50.6 cm³/mol. The van der Waals surface area contributed by atoms with E-state index >= 15 is 0 Å². The number of aliphatic hydroxyl groups is 1. The Morgan fingerprint density at radius 2 is 2.00 bits per heavy atom. The van der Waals surface area contributed by atoms with Gasteiger partial charge in [0.1, 0.15) is 5.85 Å². The molecule has 0 spiro atoms. The monoisotopic (exact) mass is 192 g/mol. The maximum Gasteiger partial charge on any atom is 0.200 e. The molecule has 0 bridgehead atoms. The van der Waals surface area contributed by atoms with Crippen LogP contribution in [0.3, 0.4) is 0 Å². The van der Waals surface area contributed by atoms with Gasteiger partial charge in [0.05, 0.1) is 0 Å². The molecule has 0 heterocycles. The summed E-state index contributed by atoms with van der Waals surface area (Å²) < 4.78 is 0. The van der Waals surface area contributed by atoms with E-state index in [9.17, 15) is 5.11 Å². The van der Waals surface area contributed by atoms with Crippen LogP contribution in [0.1, 0.15) is 33.1 Å². The average molecular weight is 192 g/mol. The fourth-order valence-electron chi connectivity index (χ4n) is 0.910. The van der Waals surface area contributed by atoms with E-state index in [2.05, 4.69) is 0 Å². The Labute approximate surface area is 74.7 Å². The Hall–Kier alpha value is 0.0500. The number of rotatable bonds is 5. The lowest BCUT2D eigenvalue weighted by Crippen LogP contribution is -2.07. The van der Waals surface area contributed by atoms with Crippen molar-refractivity contribution in [3.05, 3.63) is 11.6 Å². The van der Waals surface area contributed by atoms with E-state index in [0.29, 0.717) is 6.42 Å². The summed E-state index contributed by atoms with van der Waals surface area (Å²) in [5.74, 6) is -1.06. The lowest BCUT2D eigenvalue weighted by molar-refractivity contribution is 0.256.